The van der Waals surface area contributed by atoms with Crippen LogP contribution in [-0.2, 0) is 16.8 Å². The lowest BCUT2D eigenvalue weighted by molar-refractivity contribution is -0.127. The van der Waals surface area contributed by atoms with Crippen molar-refractivity contribution in [2.45, 2.75) is 58.5 Å². The van der Waals surface area contributed by atoms with Crippen molar-refractivity contribution in [1.82, 2.24) is 10.2 Å². The van der Waals surface area contributed by atoms with Crippen LogP contribution in [0.5, 0.6) is 0 Å². The molecule has 0 aromatic heterocycles. The summed E-state index contributed by atoms with van der Waals surface area (Å²) in [5.74, 6) is 0.279. The molecule has 156 valence electrons. The number of carbonyl (C=O) groups is 1. The van der Waals surface area contributed by atoms with Crippen molar-refractivity contribution in [1.29, 1.82) is 0 Å². The third-order valence-corrected chi connectivity index (χ3v) is 6.12. The molecular formula is C25H33ClN2O. The van der Waals surface area contributed by atoms with E-state index in [0.717, 1.165) is 43.1 Å². The van der Waals surface area contributed by atoms with Crippen LogP contribution in [0, 0.1) is 5.92 Å². The zero-order chi connectivity index (χ0) is 21.0. The Balaban J connectivity index is 1.49. The van der Waals surface area contributed by atoms with E-state index in [9.17, 15) is 4.79 Å². The number of likely N-dealkylation sites (tertiary alicyclic amines) is 1. The zero-order valence-electron chi connectivity index (χ0n) is 18.0. The van der Waals surface area contributed by atoms with Crippen LogP contribution in [0.15, 0.2) is 48.5 Å². The summed E-state index contributed by atoms with van der Waals surface area (Å²) >= 11 is 6.09. The van der Waals surface area contributed by atoms with Crippen LogP contribution in [-0.4, -0.2) is 23.9 Å². The number of hydrogen-bond acceptors (Lipinski definition) is 2. The lowest BCUT2D eigenvalue weighted by Gasteiger charge is -2.32. The minimum Gasteiger partial charge on any atom is -0.349 e. The number of benzene rings is 2. The van der Waals surface area contributed by atoms with Gasteiger partial charge in [0, 0.05) is 17.5 Å². The van der Waals surface area contributed by atoms with Gasteiger partial charge in [-0.15, -0.1) is 0 Å². The number of halogens is 1. The zero-order valence-corrected chi connectivity index (χ0v) is 18.8. The lowest BCUT2D eigenvalue weighted by atomic mass is 9.86. The van der Waals surface area contributed by atoms with E-state index in [1.165, 1.54) is 11.1 Å². The maximum atomic E-state index is 12.8. The Labute approximate surface area is 180 Å². The minimum atomic E-state index is 0.0287. The van der Waals surface area contributed by atoms with Crippen molar-refractivity contribution in [3.63, 3.8) is 0 Å². The van der Waals surface area contributed by atoms with E-state index in [1.807, 2.05) is 18.2 Å². The first-order valence-electron chi connectivity index (χ1n) is 10.6. The van der Waals surface area contributed by atoms with E-state index in [-0.39, 0.29) is 23.3 Å². The Bertz CT molecular complexity index is 817. The first kappa shape index (κ1) is 21.9. The number of rotatable bonds is 5. The smallest absolute Gasteiger partial charge is 0.223 e. The highest BCUT2D eigenvalue weighted by atomic mass is 35.5. The van der Waals surface area contributed by atoms with Gasteiger partial charge in [-0.1, -0.05) is 68.8 Å². The summed E-state index contributed by atoms with van der Waals surface area (Å²) in [5, 5.41) is 4.00. The third-order valence-electron chi connectivity index (χ3n) is 5.89. The van der Waals surface area contributed by atoms with Gasteiger partial charge < -0.3 is 5.32 Å². The van der Waals surface area contributed by atoms with Gasteiger partial charge in [-0.2, -0.15) is 0 Å². The first-order valence-corrected chi connectivity index (χ1v) is 11.0. The summed E-state index contributed by atoms with van der Waals surface area (Å²) in [4.78, 5) is 15.2. The van der Waals surface area contributed by atoms with Gasteiger partial charge in [0.15, 0.2) is 0 Å². The Morgan fingerprint density at radius 3 is 2.38 bits per heavy atom. The molecule has 3 nitrogen and oxygen atoms in total. The van der Waals surface area contributed by atoms with Gasteiger partial charge in [0.05, 0.1) is 6.04 Å². The molecule has 0 unspecified atom stereocenters. The second-order valence-corrected chi connectivity index (χ2v) is 9.72. The summed E-state index contributed by atoms with van der Waals surface area (Å²) in [7, 11) is 0. The predicted octanol–water partition coefficient (Wildman–Crippen LogP) is 5.73. The van der Waals surface area contributed by atoms with Crippen LogP contribution in [0.2, 0.25) is 5.02 Å². The molecule has 1 fully saturated rings. The molecule has 4 heteroatoms. The van der Waals surface area contributed by atoms with Gasteiger partial charge in [0.25, 0.3) is 0 Å². The molecule has 0 aliphatic carbocycles. The topological polar surface area (TPSA) is 32.3 Å². The molecule has 0 radical (unpaired) electrons. The van der Waals surface area contributed by atoms with E-state index in [0.29, 0.717) is 0 Å². The number of nitrogens with zero attached hydrogens (tertiary/aromatic N) is 1. The second-order valence-electron chi connectivity index (χ2n) is 9.28. The SMILES string of the molecule is C[C@@H](NC(=O)C1CCN(Cc2cccc(Cl)c2)CC1)c1ccc(C(C)(C)C)cc1. The second kappa shape index (κ2) is 9.32. The van der Waals surface area contributed by atoms with Crippen molar-refractivity contribution in [3.05, 3.63) is 70.2 Å². The fourth-order valence-electron chi connectivity index (χ4n) is 3.93. The molecular weight excluding hydrogens is 380 g/mol. The highest BCUT2D eigenvalue weighted by Gasteiger charge is 2.26. The number of amides is 1. The Hall–Kier alpha value is -1.84. The molecule has 0 saturated carbocycles. The fraction of sp³-hybridized carbons (Fsp3) is 0.480. The summed E-state index contributed by atoms with van der Waals surface area (Å²) in [6.45, 7) is 11.5. The Morgan fingerprint density at radius 1 is 1.14 bits per heavy atom. The van der Waals surface area contributed by atoms with Crippen molar-refractivity contribution >= 4 is 17.5 Å². The number of carbonyl (C=O) groups excluding carboxylic acids is 1. The van der Waals surface area contributed by atoms with E-state index >= 15 is 0 Å². The fourth-order valence-corrected chi connectivity index (χ4v) is 4.15. The highest BCUT2D eigenvalue weighted by molar-refractivity contribution is 6.30. The Kier molecular flexibility index (Phi) is 7.02. The van der Waals surface area contributed by atoms with Gasteiger partial charge in [0.2, 0.25) is 5.91 Å². The van der Waals surface area contributed by atoms with Crippen LogP contribution in [0.25, 0.3) is 0 Å². The van der Waals surface area contributed by atoms with Crippen LogP contribution in [0.1, 0.15) is 63.3 Å². The van der Waals surface area contributed by atoms with Crippen LogP contribution in [0.3, 0.4) is 0 Å². The average Bonchev–Trinajstić information content (AvgIpc) is 2.68. The lowest BCUT2D eigenvalue weighted by Crippen LogP contribution is -2.40. The number of piperidine rings is 1. The monoisotopic (exact) mass is 412 g/mol. The van der Waals surface area contributed by atoms with E-state index in [2.05, 4.69) is 68.2 Å². The van der Waals surface area contributed by atoms with Crippen molar-refractivity contribution in [2.75, 3.05) is 13.1 Å². The molecule has 3 rings (SSSR count). The summed E-state index contributed by atoms with van der Waals surface area (Å²) < 4.78 is 0. The molecule has 1 saturated heterocycles. The Morgan fingerprint density at radius 2 is 1.79 bits per heavy atom. The quantitative estimate of drug-likeness (QED) is 0.680. The molecule has 2 aromatic rings. The minimum absolute atomic E-state index is 0.0287. The van der Waals surface area contributed by atoms with Crippen molar-refractivity contribution < 1.29 is 4.79 Å². The molecule has 0 spiro atoms. The van der Waals surface area contributed by atoms with Crippen molar-refractivity contribution in [3.8, 4) is 0 Å². The summed E-state index contributed by atoms with van der Waals surface area (Å²) in [5.41, 5.74) is 3.84. The van der Waals surface area contributed by atoms with Crippen LogP contribution < -0.4 is 5.32 Å². The van der Waals surface area contributed by atoms with Crippen LogP contribution >= 0.6 is 11.6 Å². The van der Waals surface area contributed by atoms with E-state index in [4.69, 9.17) is 11.6 Å². The normalized spacial score (nSPS) is 17.1. The molecule has 1 aliphatic rings. The molecule has 1 amide bonds. The standard InChI is InChI=1S/C25H33ClN2O/c1-18(20-8-10-22(11-9-20)25(2,3)4)27-24(29)21-12-14-28(15-13-21)17-19-6-5-7-23(26)16-19/h5-11,16,18,21H,12-15,17H2,1-4H3,(H,27,29)/t18-/m1/s1. The van der Waals surface area contributed by atoms with E-state index < -0.39 is 0 Å². The average molecular weight is 413 g/mol. The number of hydrogen-bond donors (Lipinski definition) is 1. The third kappa shape index (κ3) is 6.07. The highest BCUT2D eigenvalue weighted by Crippen LogP contribution is 2.25. The molecule has 1 N–H and O–H groups in total. The molecule has 1 atom stereocenters. The molecule has 29 heavy (non-hydrogen) atoms. The van der Waals surface area contributed by atoms with Gasteiger partial charge in [-0.05, 0) is 67.1 Å². The molecule has 1 aliphatic heterocycles. The van der Waals surface area contributed by atoms with Crippen LogP contribution in [0.4, 0.5) is 0 Å². The van der Waals surface area contributed by atoms with Gasteiger partial charge in [-0.25, -0.2) is 0 Å². The molecule has 1 heterocycles. The number of nitrogens with one attached hydrogen (secondary N) is 1. The first-order chi connectivity index (χ1) is 13.7. The maximum absolute atomic E-state index is 12.8. The molecule has 2 aromatic carbocycles. The largest absolute Gasteiger partial charge is 0.349 e. The summed E-state index contributed by atoms with van der Waals surface area (Å²) in [6, 6.07) is 16.7. The van der Waals surface area contributed by atoms with E-state index in [1.54, 1.807) is 0 Å². The van der Waals surface area contributed by atoms with Gasteiger partial charge in [-0.3, -0.25) is 9.69 Å². The van der Waals surface area contributed by atoms with Crippen molar-refractivity contribution in [2.24, 2.45) is 5.92 Å². The predicted molar refractivity (Wildman–Crippen MR) is 121 cm³/mol. The van der Waals surface area contributed by atoms with Gasteiger partial charge in [0.1, 0.15) is 0 Å². The van der Waals surface area contributed by atoms with Gasteiger partial charge >= 0.3 is 0 Å². The molecule has 0 bridgehead atoms. The summed E-state index contributed by atoms with van der Waals surface area (Å²) in [6.07, 6.45) is 1.81. The maximum Gasteiger partial charge on any atom is 0.223 e.